The highest BCUT2D eigenvalue weighted by Gasteiger charge is 2.47. The maximum Gasteiger partial charge on any atom is 0.573 e. The maximum absolute atomic E-state index is 13.0. The van der Waals surface area contributed by atoms with Crippen LogP contribution in [0.3, 0.4) is 0 Å². The van der Waals surface area contributed by atoms with Crippen LogP contribution in [0.1, 0.15) is 58.6 Å². The molecule has 186 valence electrons. The molecule has 1 aliphatic carbocycles. The minimum absolute atomic E-state index is 0.0638. The Bertz CT molecular complexity index is 1040. The summed E-state index contributed by atoms with van der Waals surface area (Å²) in [6.07, 6.45) is -3.62. The lowest BCUT2D eigenvalue weighted by molar-refractivity contribution is -0.274. The number of nitrogens with two attached hydrogens (primary N) is 1. The third kappa shape index (κ3) is 5.39. The average molecular weight is 483 g/mol. The maximum atomic E-state index is 13.0. The summed E-state index contributed by atoms with van der Waals surface area (Å²) in [5.41, 5.74) is 5.24. The Morgan fingerprint density at radius 1 is 1.32 bits per heavy atom. The first-order chi connectivity index (χ1) is 15.6. The van der Waals surface area contributed by atoms with Gasteiger partial charge in [0, 0.05) is 24.4 Å². The van der Waals surface area contributed by atoms with Crippen LogP contribution in [0.5, 0.6) is 11.5 Å². The quantitative estimate of drug-likeness (QED) is 0.670. The molecule has 1 aromatic rings. The molecule has 3 atom stereocenters. The summed E-state index contributed by atoms with van der Waals surface area (Å²) in [6, 6.07) is 3.31. The third-order valence-corrected chi connectivity index (χ3v) is 6.24. The number of guanidine groups is 1. The minimum Gasteiger partial charge on any atom is -0.487 e. The summed E-state index contributed by atoms with van der Waals surface area (Å²) in [7, 11) is 0. The number of hydrogen-bond donors (Lipinski definition) is 2. The van der Waals surface area contributed by atoms with Crippen molar-refractivity contribution in [1.29, 1.82) is 0 Å². The van der Waals surface area contributed by atoms with Gasteiger partial charge in [0.25, 0.3) is 0 Å². The Kier molecular flexibility index (Phi) is 5.72. The van der Waals surface area contributed by atoms with E-state index in [1.807, 2.05) is 27.7 Å². The highest BCUT2D eigenvalue weighted by atomic mass is 19.4. The van der Waals surface area contributed by atoms with Crippen molar-refractivity contribution in [3.05, 3.63) is 23.8 Å². The van der Waals surface area contributed by atoms with E-state index in [9.17, 15) is 22.8 Å². The number of amides is 2. The Hall–Kier alpha value is -2.98. The molecule has 0 bridgehead atoms. The SMILES string of the molecule is CC1(C)CC(=O)N(C[C@H]2C[C@@H]2C(=O)NC2CC(C)(C)Oc3ccc(OC(F)(F)F)cc32)C(N)=N1. The molecule has 0 aromatic heterocycles. The van der Waals surface area contributed by atoms with Gasteiger partial charge in [0.2, 0.25) is 11.8 Å². The third-order valence-electron chi connectivity index (χ3n) is 6.24. The number of benzene rings is 1. The number of carbonyl (C=O) groups is 2. The first-order valence-corrected chi connectivity index (χ1v) is 11.2. The molecule has 3 N–H and O–H groups in total. The van der Waals surface area contributed by atoms with Crippen molar-refractivity contribution in [2.24, 2.45) is 22.6 Å². The highest BCUT2D eigenvalue weighted by Crippen LogP contribution is 2.44. The molecule has 1 unspecified atom stereocenters. The Morgan fingerprint density at radius 3 is 2.68 bits per heavy atom. The summed E-state index contributed by atoms with van der Waals surface area (Å²) in [5, 5.41) is 2.96. The fourth-order valence-electron chi connectivity index (χ4n) is 4.64. The van der Waals surface area contributed by atoms with E-state index in [-0.39, 0.29) is 41.8 Å². The number of alkyl halides is 3. The molecular weight excluding hydrogens is 453 g/mol. The van der Waals surface area contributed by atoms with Gasteiger partial charge in [-0.25, -0.2) is 4.99 Å². The van der Waals surface area contributed by atoms with Crippen molar-refractivity contribution in [2.45, 2.75) is 70.5 Å². The van der Waals surface area contributed by atoms with Gasteiger partial charge in [0.15, 0.2) is 5.96 Å². The van der Waals surface area contributed by atoms with E-state index in [0.717, 1.165) is 0 Å². The van der Waals surface area contributed by atoms with Crippen LogP contribution in [0.25, 0.3) is 0 Å². The number of hydrogen-bond acceptors (Lipinski definition) is 6. The zero-order chi connectivity index (χ0) is 25.1. The minimum atomic E-state index is -4.82. The Balaban J connectivity index is 1.44. The van der Waals surface area contributed by atoms with Gasteiger partial charge in [-0.05, 0) is 58.2 Å². The summed E-state index contributed by atoms with van der Waals surface area (Å²) in [4.78, 5) is 31.3. The predicted molar refractivity (Wildman–Crippen MR) is 117 cm³/mol. The Morgan fingerprint density at radius 2 is 2.03 bits per heavy atom. The molecule has 11 heteroatoms. The topological polar surface area (TPSA) is 106 Å². The average Bonchev–Trinajstić information content (AvgIpc) is 3.42. The second kappa shape index (κ2) is 8.06. The number of aliphatic imine (C=N–C) groups is 1. The largest absolute Gasteiger partial charge is 0.573 e. The molecule has 8 nitrogen and oxygen atoms in total. The molecule has 34 heavy (non-hydrogen) atoms. The van der Waals surface area contributed by atoms with Crippen LogP contribution in [0, 0.1) is 11.8 Å². The van der Waals surface area contributed by atoms with Crippen molar-refractivity contribution in [1.82, 2.24) is 10.2 Å². The van der Waals surface area contributed by atoms with Gasteiger partial charge < -0.3 is 20.5 Å². The van der Waals surface area contributed by atoms with Crippen LogP contribution in [-0.4, -0.2) is 46.7 Å². The molecule has 2 aliphatic heterocycles. The van der Waals surface area contributed by atoms with Crippen molar-refractivity contribution < 1.29 is 32.2 Å². The fraction of sp³-hybridized carbons (Fsp3) is 0.609. The number of rotatable bonds is 5. The van der Waals surface area contributed by atoms with Crippen molar-refractivity contribution in [2.75, 3.05) is 6.54 Å². The van der Waals surface area contributed by atoms with Gasteiger partial charge in [-0.2, -0.15) is 0 Å². The summed E-state index contributed by atoms with van der Waals surface area (Å²) in [6.45, 7) is 7.67. The van der Waals surface area contributed by atoms with E-state index >= 15 is 0 Å². The van der Waals surface area contributed by atoms with Crippen molar-refractivity contribution in [3.63, 3.8) is 0 Å². The van der Waals surface area contributed by atoms with Gasteiger partial charge in [-0.3, -0.25) is 14.5 Å². The van der Waals surface area contributed by atoms with E-state index in [2.05, 4.69) is 15.0 Å². The second-order valence-corrected chi connectivity index (χ2v) is 10.4. The number of nitrogens with zero attached hydrogens (tertiary/aromatic N) is 2. The van der Waals surface area contributed by atoms with Crippen molar-refractivity contribution >= 4 is 17.8 Å². The zero-order valence-electron chi connectivity index (χ0n) is 19.5. The van der Waals surface area contributed by atoms with E-state index < -0.39 is 23.5 Å². The van der Waals surface area contributed by atoms with Crippen LogP contribution in [-0.2, 0) is 9.59 Å². The lowest BCUT2D eigenvalue weighted by Crippen LogP contribution is -2.50. The molecule has 1 fully saturated rings. The summed E-state index contributed by atoms with van der Waals surface area (Å²) >= 11 is 0. The van der Waals surface area contributed by atoms with Crippen molar-refractivity contribution in [3.8, 4) is 11.5 Å². The van der Waals surface area contributed by atoms with Gasteiger partial charge in [-0.15, -0.1) is 13.2 Å². The van der Waals surface area contributed by atoms with Crippen LogP contribution in [0.2, 0.25) is 0 Å². The van der Waals surface area contributed by atoms with Crippen LogP contribution in [0.15, 0.2) is 23.2 Å². The molecule has 0 radical (unpaired) electrons. The first-order valence-electron chi connectivity index (χ1n) is 11.2. The number of fused-ring (bicyclic) bond motifs is 1. The zero-order valence-corrected chi connectivity index (χ0v) is 19.5. The van der Waals surface area contributed by atoms with Gasteiger partial charge >= 0.3 is 6.36 Å². The van der Waals surface area contributed by atoms with Gasteiger partial charge in [0.05, 0.1) is 18.0 Å². The molecule has 2 amide bonds. The summed E-state index contributed by atoms with van der Waals surface area (Å²) in [5.74, 6) is -0.550. The standard InChI is InChI=1S/C23H29F3N4O4/c1-21(2)10-18(31)30(20(27)29-21)11-12-7-14(12)19(32)28-16-9-22(3,4)34-17-6-5-13(8-15(16)17)33-23(24,25)26/h5-6,8,12,14,16H,7,9-11H2,1-4H3,(H2,27,29)(H,28,32)/t12-,14+,16?/m1/s1. The number of halogens is 3. The predicted octanol–water partition coefficient (Wildman–Crippen LogP) is 3.27. The monoisotopic (exact) mass is 482 g/mol. The van der Waals surface area contributed by atoms with E-state index in [4.69, 9.17) is 10.5 Å². The molecule has 0 saturated heterocycles. The van der Waals surface area contributed by atoms with E-state index in [1.54, 1.807) is 0 Å². The first kappa shape index (κ1) is 24.2. The molecule has 3 aliphatic rings. The van der Waals surface area contributed by atoms with Crippen LogP contribution < -0.4 is 20.5 Å². The molecule has 1 saturated carbocycles. The van der Waals surface area contributed by atoms with Crippen LogP contribution in [0.4, 0.5) is 13.2 Å². The lowest BCUT2D eigenvalue weighted by atomic mass is 9.89. The molecule has 4 rings (SSSR count). The molecular formula is C23H29F3N4O4. The number of carbonyl (C=O) groups excluding carboxylic acids is 2. The molecule has 0 spiro atoms. The second-order valence-electron chi connectivity index (χ2n) is 10.4. The van der Waals surface area contributed by atoms with Gasteiger partial charge in [0.1, 0.15) is 17.1 Å². The number of nitrogens with one attached hydrogen (secondary N) is 1. The Labute approximate surface area is 195 Å². The number of ether oxygens (including phenoxy) is 2. The molecule has 2 heterocycles. The molecule has 1 aromatic carbocycles. The lowest BCUT2D eigenvalue weighted by Gasteiger charge is -2.38. The van der Waals surface area contributed by atoms with Gasteiger partial charge in [-0.1, -0.05) is 0 Å². The fourth-order valence-corrected chi connectivity index (χ4v) is 4.64. The van der Waals surface area contributed by atoms with E-state index in [0.29, 0.717) is 30.7 Å². The highest BCUT2D eigenvalue weighted by molar-refractivity contribution is 5.99. The summed E-state index contributed by atoms with van der Waals surface area (Å²) < 4.78 is 48.0. The van der Waals surface area contributed by atoms with Crippen LogP contribution >= 0.6 is 0 Å². The smallest absolute Gasteiger partial charge is 0.487 e. The van der Waals surface area contributed by atoms with E-state index in [1.165, 1.54) is 23.1 Å². The normalized spacial score (nSPS) is 27.3.